The molecule has 8 rings (SSSR count). The van der Waals surface area contributed by atoms with Gasteiger partial charge in [-0.25, -0.2) is 4.79 Å². The topological polar surface area (TPSA) is 102 Å². The number of carboxylic acids is 1. The van der Waals surface area contributed by atoms with E-state index in [1.54, 1.807) is 30.3 Å². The number of hydrogen-bond acceptors (Lipinski definition) is 5. The third-order valence-electron chi connectivity index (χ3n) is 9.93. The molecule has 0 fully saturated rings. The Morgan fingerprint density at radius 2 is 1.31 bits per heavy atom. The van der Waals surface area contributed by atoms with Gasteiger partial charge in [-0.1, -0.05) is 127 Å². The molecular formula is C46H36ClN3O4. The quantitative estimate of drug-likeness (QED) is 0.129. The molecule has 0 bridgehead atoms. The van der Waals surface area contributed by atoms with Crippen LogP contribution in [-0.4, -0.2) is 45.3 Å². The lowest BCUT2D eigenvalue weighted by Gasteiger charge is -2.22. The van der Waals surface area contributed by atoms with E-state index in [-0.39, 0.29) is 24.6 Å². The fourth-order valence-corrected chi connectivity index (χ4v) is 7.62. The van der Waals surface area contributed by atoms with E-state index in [0.717, 1.165) is 11.1 Å². The Morgan fingerprint density at radius 3 is 1.93 bits per heavy atom. The van der Waals surface area contributed by atoms with E-state index in [1.807, 2.05) is 30.3 Å². The maximum absolute atomic E-state index is 14.1. The van der Waals surface area contributed by atoms with Crippen molar-refractivity contribution >= 4 is 56.4 Å². The first kappa shape index (κ1) is 34.8. The minimum atomic E-state index is -1.16. The SMILES string of the molecule is O=C(CN1Cc2ccc3ccccc3c2-c2c(ccc3ccccc23)C1)Nc1ccc(Cl)cc1C(=NC(Cc1ccc(O)cc1)C(=O)O)c1ccccc1. The van der Waals surface area contributed by atoms with Gasteiger partial charge in [0.15, 0.2) is 6.04 Å². The Morgan fingerprint density at radius 1 is 0.722 bits per heavy atom. The van der Waals surface area contributed by atoms with Crippen LogP contribution in [0.4, 0.5) is 5.69 Å². The van der Waals surface area contributed by atoms with Gasteiger partial charge in [-0.05, 0) is 79.7 Å². The molecular weight excluding hydrogens is 694 g/mol. The van der Waals surface area contributed by atoms with E-state index >= 15 is 0 Å². The van der Waals surface area contributed by atoms with Crippen LogP contribution in [0.5, 0.6) is 5.75 Å². The number of amides is 1. The van der Waals surface area contributed by atoms with Crippen LogP contribution in [0.2, 0.25) is 5.02 Å². The molecule has 1 heterocycles. The number of rotatable bonds is 9. The number of aliphatic imine (C=N–C) groups is 1. The third-order valence-corrected chi connectivity index (χ3v) is 10.2. The molecule has 7 aromatic carbocycles. The van der Waals surface area contributed by atoms with Crippen LogP contribution in [0.1, 0.15) is 27.8 Å². The van der Waals surface area contributed by atoms with Crippen LogP contribution in [-0.2, 0) is 29.1 Å². The van der Waals surface area contributed by atoms with Crippen molar-refractivity contribution in [2.45, 2.75) is 25.6 Å². The molecule has 1 unspecified atom stereocenters. The second kappa shape index (κ2) is 15.0. The van der Waals surface area contributed by atoms with Crippen LogP contribution < -0.4 is 5.32 Å². The van der Waals surface area contributed by atoms with Gasteiger partial charge in [0, 0.05) is 35.7 Å². The van der Waals surface area contributed by atoms with Crippen LogP contribution >= 0.6 is 11.6 Å². The fourth-order valence-electron chi connectivity index (χ4n) is 7.45. The molecule has 1 atom stereocenters. The highest BCUT2D eigenvalue weighted by Crippen LogP contribution is 2.42. The number of carbonyl (C=O) groups excluding carboxylic acids is 1. The van der Waals surface area contributed by atoms with Crippen molar-refractivity contribution in [3.05, 3.63) is 178 Å². The van der Waals surface area contributed by atoms with Crippen LogP contribution in [0.25, 0.3) is 32.7 Å². The third kappa shape index (κ3) is 7.20. The predicted molar refractivity (Wildman–Crippen MR) is 216 cm³/mol. The number of aromatic hydroxyl groups is 1. The predicted octanol–water partition coefficient (Wildman–Crippen LogP) is 9.51. The molecule has 1 aliphatic heterocycles. The van der Waals surface area contributed by atoms with Gasteiger partial charge in [-0.15, -0.1) is 0 Å². The van der Waals surface area contributed by atoms with E-state index in [0.29, 0.717) is 46.2 Å². The number of phenolic OH excluding ortho intramolecular Hbond substituents is 1. The average Bonchev–Trinajstić information content (AvgIpc) is 3.35. The standard InChI is InChI=1S/C46H36ClN3O4/c47-35-20-23-40(39(25-35)45(32-10-2-1-3-11-32)49-41(46(53)54)24-29-14-21-36(51)22-15-29)48-42(52)28-50-26-33-18-16-30-8-4-6-12-37(30)43(33)44-34(27-50)19-17-31-9-5-7-13-38(31)44/h1-23,25,41,51H,24,26-28H2,(H,48,52)(H,53,54). The fraction of sp³-hybridized carbons (Fsp3) is 0.109. The first-order chi connectivity index (χ1) is 26.3. The summed E-state index contributed by atoms with van der Waals surface area (Å²) in [4.78, 5) is 33.7. The Hall–Kier alpha value is -6.28. The second-order valence-corrected chi connectivity index (χ2v) is 14.0. The molecule has 0 spiro atoms. The molecule has 3 N–H and O–H groups in total. The Balaban J connectivity index is 1.14. The number of hydrogen-bond donors (Lipinski definition) is 3. The lowest BCUT2D eigenvalue weighted by atomic mass is 9.88. The van der Waals surface area contributed by atoms with Gasteiger partial charge >= 0.3 is 5.97 Å². The second-order valence-electron chi connectivity index (χ2n) is 13.6. The Labute approximate surface area is 317 Å². The number of phenols is 1. The molecule has 1 aliphatic rings. The summed E-state index contributed by atoms with van der Waals surface area (Å²) in [6, 6.07) is 45.2. The average molecular weight is 730 g/mol. The zero-order chi connectivity index (χ0) is 37.2. The summed E-state index contributed by atoms with van der Waals surface area (Å²) >= 11 is 6.57. The zero-order valence-corrected chi connectivity index (χ0v) is 30.0. The monoisotopic (exact) mass is 729 g/mol. The van der Waals surface area contributed by atoms with E-state index in [9.17, 15) is 19.8 Å². The zero-order valence-electron chi connectivity index (χ0n) is 29.2. The van der Waals surface area contributed by atoms with Gasteiger partial charge in [0.1, 0.15) is 5.75 Å². The first-order valence-electron chi connectivity index (χ1n) is 17.8. The summed E-state index contributed by atoms with van der Waals surface area (Å²) in [6.07, 6.45) is 0.0939. The maximum Gasteiger partial charge on any atom is 0.328 e. The number of benzene rings is 7. The number of nitrogens with zero attached hydrogens (tertiary/aromatic N) is 2. The van der Waals surface area contributed by atoms with Gasteiger partial charge in [0.2, 0.25) is 5.91 Å². The van der Waals surface area contributed by atoms with Gasteiger partial charge in [0.05, 0.1) is 17.9 Å². The van der Waals surface area contributed by atoms with Gasteiger partial charge < -0.3 is 15.5 Å². The summed E-state index contributed by atoms with van der Waals surface area (Å²) in [5.41, 5.74) is 7.43. The number of fused-ring (bicyclic) bond motifs is 7. The molecule has 1 amide bonds. The molecule has 266 valence electrons. The van der Waals surface area contributed by atoms with Crippen molar-refractivity contribution in [2.75, 3.05) is 11.9 Å². The Bertz CT molecular complexity index is 2480. The molecule has 0 radical (unpaired) electrons. The normalized spacial score (nSPS) is 13.5. The first-order valence-corrected chi connectivity index (χ1v) is 18.2. The summed E-state index contributed by atoms with van der Waals surface area (Å²) in [5.74, 6) is -1.24. The van der Waals surface area contributed by atoms with Crippen molar-refractivity contribution in [2.24, 2.45) is 4.99 Å². The molecule has 8 heteroatoms. The summed E-state index contributed by atoms with van der Waals surface area (Å²) in [6.45, 7) is 1.24. The van der Waals surface area contributed by atoms with Gasteiger partial charge in [-0.2, -0.15) is 0 Å². The minimum Gasteiger partial charge on any atom is -0.508 e. The maximum atomic E-state index is 14.1. The number of halogens is 1. The molecule has 7 aromatic rings. The Kier molecular flexibility index (Phi) is 9.66. The van der Waals surface area contributed by atoms with Gasteiger partial charge in [-0.3, -0.25) is 14.7 Å². The van der Waals surface area contributed by atoms with Crippen molar-refractivity contribution < 1.29 is 19.8 Å². The highest BCUT2D eigenvalue weighted by molar-refractivity contribution is 6.31. The number of nitrogens with one attached hydrogen (secondary N) is 1. The summed E-state index contributed by atoms with van der Waals surface area (Å²) in [7, 11) is 0. The molecule has 0 aromatic heterocycles. The summed E-state index contributed by atoms with van der Waals surface area (Å²) < 4.78 is 0. The van der Waals surface area contributed by atoms with E-state index in [4.69, 9.17) is 16.6 Å². The molecule has 54 heavy (non-hydrogen) atoms. The van der Waals surface area contributed by atoms with E-state index in [1.165, 1.54) is 44.8 Å². The van der Waals surface area contributed by atoms with Gasteiger partial charge in [0.25, 0.3) is 0 Å². The van der Waals surface area contributed by atoms with E-state index in [2.05, 4.69) is 83.0 Å². The van der Waals surface area contributed by atoms with Crippen molar-refractivity contribution in [3.63, 3.8) is 0 Å². The van der Waals surface area contributed by atoms with Crippen molar-refractivity contribution in [1.82, 2.24) is 4.90 Å². The van der Waals surface area contributed by atoms with Crippen LogP contribution in [0, 0.1) is 0 Å². The number of carbonyl (C=O) groups is 2. The highest BCUT2D eigenvalue weighted by atomic mass is 35.5. The number of anilines is 1. The highest BCUT2D eigenvalue weighted by Gasteiger charge is 2.26. The number of carboxylic acid groups (broad SMARTS) is 1. The smallest absolute Gasteiger partial charge is 0.328 e. The lowest BCUT2D eigenvalue weighted by Crippen LogP contribution is -2.32. The van der Waals surface area contributed by atoms with Crippen molar-refractivity contribution in [3.8, 4) is 16.9 Å². The van der Waals surface area contributed by atoms with Crippen LogP contribution in [0.3, 0.4) is 0 Å². The largest absolute Gasteiger partial charge is 0.508 e. The molecule has 7 nitrogen and oxygen atoms in total. The number of aliphatic carboxylic acids is 1. The van der Waals surface area contributed by atoms with E-state index < -0.39 is 12.0 Å². The van der Waals surface area contributed by atoms with Crippen molar-refractivity contribution in [1.29, 1.82) is 0 Å². The van der Waals surface area contributed by atoms with Crippen LogP contribution in [0.15, 0.2) is 151 Å². The summed E-state index contributed by atoms with van der Waals surface area (Å²) in [5, 5.41) is 28.3. The molecule has 0 saturated heterocycles. The lowest BCUT2D eigenvalue weighted by molar-refractivity contribution is -0.138. The molecule has 0 aliphatic carbocycles. The minimum absolute atomic E-state index is 0.0917. The molecule has 0 saturated carbocycles.